The maximum Gasteiger partial charge on any atom is 0.125 e. The minimum Gasteiger partial charge on any atom is -0.363 e. The second kappa shape index (κ2) is 1.94. The molecule has 0 aromatic carbocycles. The monoisotopic (exact) mass is 160 g/mol. The van der Waals surface area contributed by atoms with Gasteiger partial charge in [-0.25, -0.2) is 0 Å². The van der Waals surface area contributed by atoms with Gasteiger partial charge < -0.3 is 10.2 Å². The highest BCUT2D eigenvalue weighted by Crippen LogP contribution is 2.38. The molecule has 3 aliphatic rings. The zero-order valence-electron chi connectivity index (χ0n) is 7.17. The topological polar surface area (TPSA) is 15.3 Å². The summed E-state index contributed by atoms with van der Waals surface area (Å²) in [5.74, 6) is 0. The molecule has 0 amide bonds. The number of rotatable bonds is 0. The van der Waals surface area contributed by atoms with Crippen LogP contribution < -0.4 is 5.32 Å². The molecular weight excluding hydrogens is 148 g/mol. The maximum absolute atomic E-state index is 3.53. The SMILES string of the molecule is CC1=CC=CN2C3=C(CC3)NC12. The van der Waals surface area contributed by atoms with Crippen LogP contribution in [0.3, 0.4) is 0 Å². The first-order valence-electron chi connectivity index (χ1n) is 4.48. The Bertz CT molecular complexity index is 323. The van der Waals surface area contributed by atoms with Crippen molar-refractivity contribution in [2.45, 2.75) is 25.9 Å². The van der Waals surface area contributed by atoms with Crippen molar-refractivity contribution in [3.8, 4) is 0 Å². The van der Waals surface area contributed by atoms with Gasteiger partial charge in [-0.05, 0) is 31.4 Å². The second-order valence-corrected chi connectivity index (χ2v) is 3.63. The van der Waals surface area contributed by atoms with Gasteiger partial charge in [0.25, 0.3) is 0 Å². The molecule has 0 bridgehead atoms. The summed E-state index contributed by atoms with van der Waals surface area (Å²) in [4.78, 5) is 2.36. The average molecular weight is 160 g/mol. The molecule has 12 heavy (non-hydrogen) atoms. The molecular formula is C10H12N2. The number of nitrogens with one attached hydrogen (secondary N) is 1. The lowest BCUT2D eigenvalue weighted by Crippen LogP contribution is -2.35. The summed E-state index contributed by atoms with van der Waals surface area (Å²) in [6.07, 6.45) is 9.40. The van der Waals surface area contributed by atoms with Gasteiger partial charge in [0.15, 0.2) is 0 Å². The number of hydrogen-bond donors (Lipinski definition) is 1. The maximum atomic E-state index is 3.53. The van der Waals surface area contributed by atoms with Crippen LogP contribution in [0.15, 0.2) is 35.3 Å². The number of allylic oxidation sites excluding steroid dienone is 4. The predicted molar refractivity (Wildman–Crippen MR) is 47.9 cm³/mol. The third-order valence-corrected chi connectivity index (χ3v) is 2.90. The molecule has 3 rings (SSSR count). The molecule has 0 aromatic rings. The fraction of sp³-hybridized carbons (Fsp3) is 0.400. The van der Waals surface area contributed by atoms with Crippen LogP contribution in [-0.4, -0.2) is 11.1 Å². The van der Waals surface area contributed by atoms with Gasteiger partial charge in [0.1, 0.15) is 6.17 Å². The van der Waals surface area contributed by atoms with Crippen molar-refractivity contribution in [3.05, 3.63) is 35.3 Å². The summed E-state index contributed by atoms with van der Waals surface area (Å²) in [6, 6.07) is 0. The van der Waals surface area contributed by atoms with E-state index in [2.05, 4.69) is 35.5 Å². The minimum atomic E-state index is 0.433. The molecule has 0 saturated heterocycles. The molecule has 62 valence electrons. The van der Waals surface area contributed by atoms with E-state index in [1.807, 2.05) is 0 Å². The molecule has 2 heterocycles. The number of hydrogen-bond acceptors (Lipinski definition) is 2. The molecule has 2 aliphatic heterocycles. The van der Waals surface area contributed by atoms with E-state index < -0.39 is 0 Å². The fourth-order valence-electron chi connectivity index (χ4n) is 2.08. The Morgan fingerprint density at radius 1 is 1.50 bits per heavy atom. The molecule has 0 saturated carbocycles. The van der Waals surface area contributed by atoms with Crippen molar-refractivity contribution in [1.82, 2.24) is 10.2 Å². The Morgan fingerprint density at radius 2 is 2.42 bits per heavy atom. The van der Waals surface area contributed by atoms with Crippen molar-refractivity contribution in [2.75, 3.05) is 0 Å². The first kappa shape index (κ1) is 6.35. The molecule has 1 atom stereocenters. The minimum absolute atomic E-state index is 0.433. The Balaban J connectivity index is 2.01. The van der Waals surface area contributed by atoms with Crippen LogP contribution in [0.1, 0.15) is 19.8 Å². The first-order valence-corrected chi connectivity index (χ1v) is 4.48. The second-order valence-electron chi connectivity index (χ2n) is 3.63. The van der Waals surface area contributed by atoms with Crippen LogP contribution in [0.5, 0.6) is 0 Å². The van der Waals surface area contributed by atoms with Gasteiger partial charge in [-0.2, -0.15) is 0 Å². The van der Waals surface area contributed by atoms with Crippen LogP contribution in [-0.2, 0) is 0 Å². The van der Waals surface area contributed by atoms with E-state index in [-0.39, 0.29) is 0 Å². The van der Waals surface area contributed by atoms with Crippen molar-refractivity contribution >= 4 is 0 Å². The van der Waals surface area contributed by atoms with Crippen LogP contribution in [0.4, 0.5) is 0 Å². The summed E-state index contributed by atoms with van der Waals surface area (Å²) < 4.78 is 0. The van der Waals surface area contributed by atoms with Crippen molar-refractivity contribution in [3.63, 3.8) is 0 Å². The van der Waals surface area contributed by atoms with E-state index in [1.54, 1.807) is 0 Å². The summed E-state index contributed by atoms with van der Waals surface area (Å²) in [6.45, 7) is 2.18. The summed E-state index contributed by atoms with van der Waals surface area (Å²) in [5.41, 5.74) is 4.37. The third-order valence-electron chi connectivity index (χ3n) is 2.90. The zero-order valence-corrected chi connectivity index (χ0v) is 7.17. The van der Waals surface area contributed by atoms with Gasteiger partial charge in [-0.3, -0.25) is 0 Å². The molecule has 2 heteroatoms. The lowest BCUT2D eigenvalue weighted by Gasteiger charge is -2.28. The van der Waals surface area contributed by atoms with Crippen LogP contribution >= 0.6 is 0 Å². The molecule has 0 fully saturated rings. The van der Waals surface area contributed by atoms with Crippen molar-refractivity contribution in [2.24, 2.45) is 0 Å². The van der Waals surface area contributed by atoms with Gasteiger partial charge in [0, 0.05) is 17.6 Å². The molecule has 1 aliphatic carbocycles. The normalized spacial score (nSPS) is 30.6. The van der Waals surface area contributed by atoms with Gasteiger partial charge in [0.2, 0.25) is 0 Å². The molecule has 0 radical (unpaired) electrons. The zero-order chi connectivity index (χ0) is 8.13. The number of nitrogens with zero attached hydrogens (tertiary/aromatic N) is 1. The van der Waals surface area contributed by atoms with Crippen LogP contribution in [0, 0.1) is 0 Å². The highest BCUT2D eigenvalue weighted by atomic mass is 15.3. The Hall–Kier alpha value is -1.18. The Labute approximate surface area is 72.2 Å². The lowest BCUT2D eigenvalue weighted by atomic mass is 10.0. The van der Waals surface area contributed by atoms with Gasteiger partial charge in [-0.15, -0.1) is 0 Å². The lowest BCUT2D eigenvalue weighted by molar-refractivity contribution is 0.379. The number of fused-ring (bicyclic) bond motifs is 2. The van der Waals surface area contributed by atoms with Gasteiger partial charge in [-0.1, -0.05) is 6.08 Å². The van der Waals surface area contributed by atoms with Crippen LogP contribution in [0.25, 0.3) is 0 Å². The smallest absolute Gasteiger partial charge is 0.125 e. The van der Waals surface area contributed by atoms with Crippen molar-refractivity contribution in [1.29, 1.82) is 0 Å². The first-order chi connectivity index (χ1) is 5.86. The Kier molecular flexibility index (Phi) is 1.03. The highest BCUT2D eigenvalue weighted by Gasteiger charge is 2.35. The summed E-state index contributed by atoms with van der Waals surface area (Å²) in [7, 11) is 0. The van der Waals surface area contributed by atoms with E-state index >= 15 is 0 Å². The van der Waals surface area contributed by atoms with E-state index in [9.17, 15) is 0 Å². The summed E-state index contributed by atoms with van der Waals surface area (Å²) >= 11 is 0. The van der Waals surface area contributed by atoms with Crippen molar-refractivity contribution < 1.29 is 0 Å². The van der Waals surface area contributed by atoms with E-state index in [0.717, 1.165) is 0 Å². The predicted octanol–water partition coefficient (Wildman–Crippen LogP) is 1.70. The molecule has 0 spiro atoms. The van der Waals surface area contributed by atoms with Gasteiger partial charge >= 0.3 is 0 Å². The molecule has 1 N–H and O–H groups in total. The fourth-order valence-corrected chi connectivity index (χ4v) is 2.08. The van der Waals surface area contributed by atoms with Crippen LogP contribution in [0.2, 0.25) is 0 Å². The van der Waals surface area contributed by atoms with E-state index in [0.29, 0.717) is 6.17 Å². The van der Waals surface area contributed by atoms with E-state index in [4.69, 9.17) is 0 Å². The standard InChI is InChI=1S/C10H12N2/c1-7-3-2-6-12-9-5-4-8(9)11-10(7)12/h2-3,6,10-11H,4-5H2,1H3. The Morgan fingerprint density at radius 3 is 3.17 bits per heavy atom. The molecule has 1 unspecified atom stereocenters. The van der Waals surface area contributed by atoms with E-state index in [1.165, 1.54) is 29.8 Å². The highest BCUT2D eigenvalue weighted by molar-refractivity contribution is 5.37. The third kappa shape index (κ3) is 0.607. The quantitative estimate of drug-likeness (QED) is 0.580. The van der Waals surface area contributed by atoms with Gasteiger partial charge in [0.05, 0.1) is 0 Å². The average Bonchev–Trinajstić information content (AvgIpc) is 2.24. The summed E-state index contributed by atoms with van der Waals surface area (Å²) in [5, 5.41) is 3.53. The molecule has 2 nitrogen and oxygen atoms in total. The largest absolute Gasteiger partial charge is 0.363 e. The molecule has 0 aromatic heterocycles.